The molecule has 0 unspecified atom stereocenters. The van der Waals surface area contributed by atoms with Crippen molar-refractivity contribution in [3.63, 3.8) is 0 Å². The fraction of sp³-hybridized carbons (Fsp3) is 0.600. The molecule has 10 heavy (non-hydrogen) atoms. The standard InChI is InChI=1S/C5H10N2O2S/c1-3(2)4(8)10-7-5(6)9/h3H,1-2H3,(H3,6,7,9). The second kappa shape index (κ2) is 4.16. The Morgan fingerprint density at radius 3 is 2.30 bits per heavy atom. The lowest BCUT2D eigenvalue weighted by molar-refractivity contribution is -0.113. The number of carbonyl (C=O) groups is 2. The zero-order valence-corrected chi connectivity index (χ0v) is 6.70. The van der Waals surface area contributed by atoms with E-state index in [2.05, 4.69) is 4.72 Å². The number of hydrogen-bond acceptors (Lipinski definition) is 3. The molecule has 5 heteroatoms. The number of hydrogen-bond donors (Lipinski definition) is 2. The van der Waals surface area contributed by atoms with Gasteiger partial charge < -0.3 is 5.73 Å². The highest BCUT2D eigenvalue weighted by Crippen LogP contribution is 2.05. The number of nitrogens with one attached hydrogen (secondary N) is 1. The van der Waals surface area contributed by atoms with Gasteiger partial charge in [0.05, 0.1) is 0 Å². The summed E-state index contributed by atoms with van der Waals surface area (Å²) in [6.45, 7) is 3.50. The predicted molar refractivity (Wildman–Crippen MR) is 40.2 cm³/mol. The summed E-state index contributed by atoms with van der Waals surface area (Å²) >= 11 is 0.729. The van der Waals surface area contributed by atoms with Gasteiger partial charge in [-0.15, -0.1) is 0 Å². The molecule has 0 fully saturated rings. The van der Waals surface area contributed by atoms with Crippen molar-refractivity contribution in [3.8, 4) is 0 Å². The maximum Gasteiger partial charge on any atom is 0.322 e. The van der Waals surface area contributed by atoms with Crippen molar-refractivity contribution in [1.82, 2.24) is 4.72 Å². The molecule has 0 aliphatic rings. The predicted octanol–water partition coefficient (Wildman–Crippen LogP) is 0.486. The van der Waals surface area contributed by atoms with Crippen molar-refractivity contribution in [1.29, 1.82) is 0 Å². The fourth-order valence-electron chi connectivity index (χ4n) is 0.218. The molecule has 0 saturated carbocycles. The van der Waals surface area contributed by atoms with E-state index in [9.17, 15) is 9.59 Å². The molecular formula is C5H10N2O2S. The highest BCUT2D eigenvalue weighted by molar-refractivity contribution is 8.12. The van der Waals surface area contributed by atoms with Crippen LogP contribution in [0.5, 0.6) is 0 Å². The Hall–Kier alpha value is -0.710. The molecule has 0 saturated heterocycles. The van der Waals surface area contributed by atoms with Gasteiger partial charge in [-0.05, 0) is 0 Å². The highest BCUT2D eigenvalue weighted by atomic mass is 32.2. The fourth-order valence-corrected chi connectivity index (χ4v) is 0.655. The van der Waals surface area contributed by atoms with Crippen LogP contribution in [0.4, 0.5) is 4.79 Å². The molecule has 0 bridgehead atoms. The second-order valence-corrected chi connectivity index (χ2v) is 2.85. The third-order valence-corrected chi connectivity index (χ3v) is 1.70. The number of urea groups is 1. The van der Waals surface area contributed by atoms with Gasteiger partial charge in [-0.3, -0.25) is 9.52 Å². The number of carbonyl (C=O) groups excluding carboxylic acids is 2. The monoisotopic (exact) mass is 162 g/mol. The van der Waals surface area contributed by atoms with Gasteiger partial charge >= 0.3 is 6.03 Å². The van der Waals surface area contributed by atoms with E-state index in [1.54, 1.807) is 13.8 Å². The van der Waals surface area contributed by atoms with Crippen LogP contribution < -0.4 is 10.5 Å². The summed E-state index contributed by atoms with van der Waals surface area (Å²) in [5.74, 6) is -0.0863. The largest absolute Gasteiger partial charge is 0.351 e. The van der Waals surface area contributed by atoms with Gasteiger partial charge in [0.15, 0.2) is 0 Å². The molecule has 0 rings (SSSR count). The normalized spacial score (nSPS) is 9.50. The van der Waals surface area contributed by atoms with Crippen molar-refractivity contribution in [2.75, 3.05) is 0 Å². The van der Waals surface area contributed by atoms with Crippen LogP contribution in [0.15, 0.2) is 0 Å². The quantitative estimate of drug-likeness (QED) is 0.551. The summed E-state index contributed by atoms with van der Waals surface area (Å²) in [5.41, 5.74) is 4.72. The number of rotatable bonds is 1. The number of primary amides is 1. The van der Waals surface area contributed by atoms with Crippen molar-refractivity contribution < 1.29 is 9.59 Å². The summed E-state index contributed by atoms with van der Waals surface area (Å²) in [5, 5.41) is -0.0983. The molecule has 0 aliphatic heterocycles. The minimum absolute atomic E-state index is 0.0863. The molecular weight excluding hydrogens is 152 g/mol. The first-order valence-electron chi connectivity index (χ1n) is 2.80. The van der Waals surface area contributed by atoms with Crippen LogP contribution in [0.2, 0.25) is 0 Å². The molecule has 0 aromatic carbocycles. The molecule has 0 spiro atoms. The summed E-state index contributed by atoms with van der Waals surface area (Å²) in [6.07, 6.45) is 0. The van der Waals surface area contributed by atoms with E-state index >= 15 is 0 Å². The van der Waals surface area contributed by atoms with Gasteiger partial charge in [0.2, 0.25) is 5.12 Å². The Bertz CT molecular complexity index is 147. The van der Waals surface area contributed by atoms with E-state index in [0.29, 0.717) is 0 Å². The molecule has 0 aromatic rings. The molecule has 0 atom stereocenters. The maximum atomic E-state index is 10.7. The van der Waals surface area contributed by atoms with E-state index in [4.69, 9.17) is 5.73 Å². The Morgan fingerprint density at radius 2 is 2.00 bits per heavy atom. The summed E-state index contributed by atoms with van der Waals surface area (Å²) < 4.78 is 2.13. The zero-order valence-electron chi connectivity index (χ0n) is 5.88. The molecule has 2 amide bonds. The third kappa shape index (κ3) is 4.20. The average Bonchev–Trinajstić information content (AvgIpc) is 1.82. The lowest BCUT2D eigenvalue weighted by atomic mass is 10.3. The van der Waals surface area contributed by atoms with E-state index in [0.717, 1.165) is 11.9 Å². The third-order valence-electron chi connectivity index (χ3n) is 0.724. The van der Waals surface area contributed by atoms with E-state index in [-0.39, 0.29) is 11.0 Å². The van der Waals surface area contributed by atoms with Crippen LogP contribution in [0, 0.1) is 5.92 Å². The minimum atomic E-state index is -0.695. The van der Waals surface area contributed by atoms with Gasteiger partial charge in [0.25, 0.3) is 0 Å². The van der Waals surface area contributed by atoms with Crippen LogP contribution in [0.25, 0.3) is 0 Å². The zero-order chi connectivity index (χ0) is 8.15. The average molecular weight is 162 g/mol. The first kappa shape index (κ1) is 9.29. The lowest BCUT2D eigenvalue weighted by Gasteiger charge is -2.01. The van der Waals surface area contributed by atoms with Crippen LogP contribution in [0.1, 0.15) is 13.8 Å². The summed E-state index contributed by atoms with van der Waals surface area (Å²) in [6, 6.07) is -0.695. The van der Waals surface area contributed by atoms with Crippen molar-refractivity contribution in [2.24, 2.45) is 11.7 Å². The molecule has 3 N–H and O–H groups in total. The minimum Gasteiger partial charge on any atom is -0.351 e. The highest BCUT2D eigenvalue weighted by Gasteiger charge is 2.07. The van der Waals surface area contributed by atoms with Crippen molar-refractivity contribution >= 4 is 23.1 Å². The second-order valence-electron chi connectivity index (χ2n) is 2.04. The van der Waals surface area contributed by atoms with E-state index < -0.39 is 6.03 Å². The molecule has 58 valence electrons. The summed E-state index contributed by atoms with van der Waals surface area (Å²) in [4.78, 5) is 20.8. The molecule has 0 aromatic heterocycles. The first-order chi connectivity index (χ1) is 4.54. The van der Waals surface area contributed by atoms with Crippen molar-refractivity contribution in [2.45, 2.75) is 13.8 Å². The van der Waals surface area contributed by atoms with Crippen LogP contribution >= 0.6 is 11.9 Å². The van der Waals surface area contributed by atoms with Gasteiger partial charge in [-0.25, -0.2) is 4.79 Å². The van der Waals surface area contributed by atoms with E-state index in [1.807, 2.05) is 0 Å². The topological polar surface area (TPSA) is 72.2 Å². The Morgan fingerprint density at radius 1 is 1.50 bits per heavy atom. The Labute approximate surface area is 63.7 Å². The van der Waals surface area contributed by atoms with Gasteiger partial charge in [0.1, 0.15) is 0 Å². The van der Waals surface area contributed by atoms with Gasteiger partial charge in [0, 0.05) is 17.9 Å². The smallest absolute Gasteiger partial charge is 0.322 e. The SMILES string of the molecule is CC(C)C(=O)SNC(N)=O. The Kier molecular flexibility index (Phi) is 3.87. The van der Waals surface area contributed by atoms with Gasteiger partial charge in [-0.2, -0.15) is 0 Å². The van der Waals surface area contributed by atoms with Crippen molar-refractivity contribution in [3.05, 3.63) is 0 Å². The number of nitrogens with two attached hydrogens (primary N) is 1. The van der Waals surface area contributed by atoms with E-state index in [1.165, 1.54) is 0 Å². The lowest BCUT2D eigenvalue weighted by Crippen LogP contribution is -2.25. The number of amides is 2. The Balaban J connectivity index is 3.50. The van der Waals surface area contributed by atoms with Crippen LogP contribution in [-0.4, -0.2) is 11.1 Å². The van der Waals surface area contributed by atoms with Crippen LogP contribution in [0.3, 0.4) is 0 Å². The molecule has 4 nitrogen and oxygen atoms in total. The van der Waals surface area contributed by atoms with Gasteiger partial charge in [-0.1, -0.05) is 13.8 Å². The summed E-state index contributed by atoms with van der Waals surface area (Å²) in [7, 11) is 0. The molecule has 0 heterocycles. The first-order valence-corrected chi connectivity index (χ1v) is 3.62. The molecule has 0 radical (unpaired) electrons. The molecule has 0 aliphatic carbocycles. The maximum absolute atomic E-state index is 10.7. The van der Waals surface area contributed by atoms with Crippen LogP contribution in [-0.2, 0) is 4.79 Å².